The molecule has 0 saturated heterocycles. The molecule has 1 rings (SSSR count). The summed E-state index contributed by atoms with van der Waals surface area (Å²) in [6.07, 6.45) is 2.44. The summed E-state index contributed by atoms with van der Waals surface area (Å²) >= 11 is 0. The molecule has 0 unspecified atom stereocenters. The molecule has 0 fully saturated rings. The molecule has 106 valence electrons. The van der Waals surface area contributed by atoms with Gasteiger partial charge in [-0.3, -0.25) is 0 Å². The Morgan fingerprint density at radius 2 is 1.79 bits per heavy atom. The zero-order chi connectivity index (χ0) is 14.3. The summed E-state index contributed by atoms with van der Waals surface area (Å²) in [5.41, 5.74) is 2.57. The Balaban J connectivity index is 2.51. The third-order valence-corrected chi connectivity index (χ3v) is 2.62. The van der Waals surface area contributed by atoms with Gasteiger partial charge in [0.2, 0.25) is 0 Å². The molecular weight excluding hydrogens is 234 g/mol. The van der Waals surface area contributed by atoms with Crippen LogP contribution in [0.4, 0.5) is 0 Å². The van der Waals surface area contributed by atoms with E-state index in [2.05, 4.69) is 44.3 Å². The lowest BCUT2D eigenvalue weighted by atomic mass is 10.1. The van der Waals surface area contributed by atoms with E-state index >= 15 is 0 Å². The smallest absolute Gasteiger partial charge is 0.119 e. The molecule has 1 N–H and O–H groups in total. The molecule has 0 aliphatic heterocycles. The van der Waals surface area contributed by atoms with Crippen molar-refractivity contribution in [2.75, 3.05) is 13.1 Å². The standard InChI is InChI=1S/C17H27NO/c1-13(2)11-18-12-15(5)10-16-6-8-17(9-7-16)19-14(3)4/h6-10,13-14,18H,11-12H2,1-5H3. The van der Waals surface area contributed by atoms with Gasteiger partial charge in [0.1, 0.15) is 5.75 Å². The van der Waals surface area contributed by atoms with Crippen LogP contribution in [0.15, 0.2) is 29.8 Å². The predicted octanol–water partition coefficient (Wildman–Crippen LogP) is 4.12. The number of ether oxygens (including phenoxy) is 1. The minimum atomic E-state index is 0.225. The summed E-state index contributed by atoms with van der Waals surface area (Å²) in [5, 5.41) is 3.45. The molecule has 1 aromatic rings. The van der Waals surface area contributed by atoms with Crippen molar-refractivity contribution in [3.05, 3.63) is 35.4 Å². The van der Waals surface area contributed by atoms with Gasteiger partial charge in [0, 0.05) is 6.54 Å². The summed E-state index contributed by atoms with van der Waals surface area (Å²) in [5.74, 6) is 1.63. The van der Waals surface area contributed by atoms with E-state index in [-0.39, 0.29) is 6.10 Å². The molecule has 0 atom stereocenters. The van der Waals surface area contributed by atoms with Crippen LogP contribution in [0.3, 0.4) is 0 Å². The lowest BCUT2D eigenvalue weighted by Gasteiger charge is -2.10. The van der Waals surface area contributed by atoms with Gasteiger partial charge in [0.15, 0.2) is 0 Å². The largest absolute Gasteiger partial charge is 0.491 e. The highest BCUT2D eigenvalue weighted by molar-refractivity contribution is 5.53. The van der Waals surface area contributed by atoms with Crippen LogP contribution in [0, 0.1) is 5.92 Å². The van der Waals surface area contributed by atoms with E-state index in [0.29, 0.717) is 5.92 Å². The van der Waals surface area contributed by atoms with Crippen LogP contribution in [-0.2, 0) is 0 Å². The van der Waals surface area contributed by atoms with Crippen molar-refractivity contribution in [2.24, 2.45) is 5.92 Å². The quantitative estimate of drug-likeness (QED) is 0.797. The third-order valence-electron chi connectivity index (χ3n) is 2.62. The number of rotatable bonds is 7. The average Bonchev–Trinajstić information content (AvgIpc) is 2.30. The van der Waals surface area contributed by atoms with E-state index in [1.807, 2.05) is 26.0 Å². The molecule has 2 nitrogen and oxygen atoms in total. The molecule has 0 amide bonds. The first-order valence-corrected chi connectivity index (χ1v) is 7.12. The van der Waals surface area contributed by atoms with Gasteiger partial charge in [-0.25, -0.2) is 0 Å². The normalized spacial score (nSPS) is 12.3. The molecule has 0 aliphatic rings. The van der Waals surface area contributed by atoms with Gasteiger partial charge in [-0.05, 0) is 50.9 Å². The maximum absolute atomic E-state index is 5.63. The van der Waals surface area contributed by atoms with E-state index < -0.39 is 0 Å². The van der Waals surface area contributed by atoms with Crippen LogP contribution in [-0.4, -0.2) is 19.2 Å². The van der Waals surface area contributed by atoms with Gasteiger partial charge in [0.25, 0.3) is 0 Å². The summed E-state index contributed by atoms with van der Waals surface area (Å²) in [4.78, 5) is 0. The highest BCUT2D eigenvalue weighted by atomic mass is 16.5. The fourth-order valence-electron chi connectivity index (χ4n) is 1.81. The summed E-state index contributed by atoms with van der Waals surface area (Å²) in [6.45, 7) is 12.7. The molecular formula is C17H27NO. The highest BCUT2D eigenvalue weighted by Crippen LogP contribution is 2.15. The average molecular weight is 261 g/mol. The Morgan fingerprint density at radius 1 is 1.16 bits per heavy atom. The first-order chi connectivity index (χ1) is 8.97. The Hall–Kier alpha value is -1.28. The van der Waals surface area contributed by atoms with Crippen LogP contribution in [0.1, 0.15) is 40.2 Å². The van der Waals surface area contributed by atoms with Crippen molar-refractivity contribution in [3.63, 3.8) is 0 Å². The second-order valence-corrected chi connectivity index (χ2v) is 5.75. The molecule has 1 aromatic carbocycles. The number of benzene rings is 1. The van der Waals surface area contributed by atoms with Gasteiger partial charge in [0.05, 0.1) is 6.10 Å². The fourth-order valence-corrected chi connectivity index (χ4v) is 1.81. The second kappa shape index (κ2) is 8.00. The Kier molecular flexibility index (Phi) is 6.65. The van der Waals surface area contributed by atoms with E-state index in [1.165, 1.54) is 11.1 Å². The lowest BCUT2D eigenvalue weighted by molar-refractivity contribution is 0.242. The minimum absolute atomic E-state index is 0.225. The van der Waals surface area contributed by atoms with E-state index in [1.54, 1.807) is 0 Å². The Labute approximate surface area is 117 Å². The second-order valence-electron chi connectivity index (χ2n) is 5.75. The number of hydrogen-bond donors (Lipinski definition) is 1. The van der Waals surface area contributed by atoms with Crippen LogP contribution < -0.4 is 10.1 Å². The van der Waals surface area contributed by atoms with Crippen molar-refractivity contribution in [1.82, 2.24) is 5.32 Å². The maximum atomic E-state index is 5.63. The summed E-state index contributed by atoms with van der Waals surface area (Å²) in [7, 11) is 0. The molecule has 0 bridgehead atoms. The molecule has 0 spiro atoms. The maximum Gasteiger partial charge on any atom is 0.119 e. The van der Waals surface area contributed by atoms with E-state index in [0.717, 1.165) is 18.8 Å². The monoisotopic (exact) mass is 261 g/mol. The SMILES string of the molecule is CC(=Cc1ccc(OC(C)C)cc1)CNCC(C)C. The third kappa shape index (κ3) is 7.02. The predicted molar refractivity (Wildman–Crippen MR) is 83.6 cm³/mol. The molecule has 0 saturated carbocycles. The van der Waals surface area contributed by atoms with Crippen molar-refractivity contribution < 1.29 is 4.74 Å². The van der Waals surface area contributed by atoms with Crippen molar-refractivity contribution in [2.45, 2.75) is 40.7 Å². The van der Waals surface area contributed by atoms with Crippen LogP contribution in [0.25, 0.3) is 6.08 Å². The number of nitrogens with one attached hydrogen (secondary N) is 1. The van der Waals surface area contributed by atoms with Crippen molar-refractivity contribution in [3.8, 4) is 5.75 Å². The molecule has 2 heteroatoms. The lowest BCUT2D eigenvalue weighted by Crippen LogP contribution is -2.21. The van der Waals surface area contributed by atoms with Crippen LogP contribution in [0.2, 0.25) is 0 Å². The van der Waals surface area contributed by atoms with Gasteiger partial charge >= 0.3 is 0 Å². The van der Waals surface area contributed by atoms with Crippen molar-refractivity contribution >= 4 is 6.08 Å². The fraction of sp³-hybridized carbons (Fsp3) is 0.529. The zero-order valence-electron chi connectivity index (χ0n) is 12.9. The minimum Gasteiger partial charge on any atom is -0.491 e. The molecule has 19 heavy (non-hydrogen) atoms. The van der Waals surface area contributed by atoms with Gasteiger partial charge < -0.3 is 10.1 Å². The van der Waals surface area contributed by atoms with E-state index in [9.17, 15) is 0 Å². The summed E-state index contributed by atoms with van der Waals surface area (Å²) in [6, 6.07) is 8.26. The molecule has 0 radical (unpaired) electrons. The van der Waals surface area contributed by atoms with Crippen LogP contribution >= 0.6 is 0 Å². The highest BCUT2D eigenvalue weighted by Gasteiger charge is 1.98. The van der Waals surface area contributed by atoms with Crippen LogP contribution in [0.5, 0.6) is 5.75 Å². The number of hydrogen-bond acceptors (Lipinski definition) is 2. The van der Waals surface area contributed by atoms with E-state index in [4.69, 9.17) is 4.74 Å². The Bertz CT molecular complexity index is 390. The van der Waals surface area contributed by atoms with Gasteiger partial charge in [-0.15, -0.1) is 0 Å². The molecule has 0 aliphatic carbocycles. The van der Waals surface area contributed by atoms with Gasteiger partial charge in [-0.2, -0.15) is 0 Å². The first-order valence-electron chi connectivity index (χ1n) is 7.12. The summed E-state index contributed by atoms with van der Waals surface area (Å²) < 4.78 is 5.63. The molecule has 0 heterocycles. The van der Waals surface area contributed by atoms with Crippen molar-refractivity contribution in [1.29, 1.82) is 0 Å². The van der Waals surface area contributed by atoms with Gasteiger partial charge in [-0.1, -0.05) is 37.6 Å². The first kappa shape index (κ1) is 15.8. The zero-order valence-corrected chi connectivity index (χ0v) is 12.9. The Morgan fingerprint density at radius 3 is 2.32 bits per heavy atom. The topological polar surface area (TPSA) is 21.3 Å². The molecule has 0 aromatic heterocycles.